The van der Waals surface area contributed by atoms with Crippen LogP contribution in [0.4, 0.5) is 5.13 Å². The Morgan fingerprint density at radius 1 is 1.10 bits per heavy atom. The summed E-state index contributed by atoms with van der Waals surface area (Å²) in [6.07, 6.45) is 1.06. The lowest BCUT2D eigenvalue weighted by atomic mass is 10.0. The summed E-state index contributed by atoms with van der Waals surface area (Å²) in [5, 5.41) is 2.91. The van der Waals surface area contributed by atoms with Crippen LogP contribution in [-0.4, -0.2) is 31.7 Å². The average Bonchev–Trinajstić information content (AvgIpc) is 3.22. The van der Waals surface area contributed by atoms with Gasteiger partial charge in [0.1, 0.15) is 0 Å². The summed E-state index contributed by atoms with van der Waals surface area (Å²) in [6, 6.07) is 11.1. The molecule has 0 spiro atoms. The number of anilines is 1. The number of aromatic nitrogens is 1. The molecule has 0 bridgehead atoms. The molecule has 8 heteroatoms. The molecule has 0 aliphatic carbocycles. The molecule has 1 aromatic heterocycles. The third-order valence-electron chi connectivity index (χ3n) is 5.54. The number of hydrogen-bond donors (Lipinski definition) is 0. The molecule has 30 heavy (non-hydrogen) atoms. The quantitative estimate of drug-likeness (QED) is 0.447. The molecule has 158 valence electrons. The first kappa shape index (κ1) is 21.6. The van der Waals surface area contributed by atoms with Crippen molar-refractivity contribution >= 4 is 49.5 Å². The number of halogens is 2. The number of rotatable bonds is 4. The van der Waals surface area contributed by atoms with Gasteiger partial charge in [-0.25, -0.2) is 13.4 Å². The molecule has 0 saturated carbocycles. The van der Waals surface area contributed by atoms with E-state index < -0.39 is 15.1 Å². The summed E-state index contributed by atoms with van der Waals surface area (Å²) in [7, 11) is -3.53. The van der Waals surface area contributed by atoms with E-state index in [1.165, 1.54) is 17.2 Å². The lowest BCUT2D eigenvalue weighted by Crippen LogP contribution is -2.39. The van der Waals surface area contributed by atoms with E-state index in [0.29, 0.717) is 25.9 Å². The summed E-state index contributed by atoms with van der Waals surface area (Å²) in [6.45, 7) is 5.45. The van der Waals surface area contributed by atoms with Gasteiger partial charge in [0.15, 0.2) is 15.0 Å². The van der Waals surface area contributed by atoms with Crippen molar-refractivity contribution in [3.8, 4) is 11.3 Å². The lowest BCUT2D eigenvalue weighted by Gasteiger charge is -2.31. The lowest BCUT2D eigenvalue weighted by molar-refractivity contribution is 0.529. The van der Waals surface area contributed by atoms with E-state index in [1.807, 2.05) is 0 Å². The van der Waals surface area contributed by atoms with E-state index in [-0.39, 0.29) is 14.9 Å². The Morgan fingerprint density at radius 2 is 1.83 bits per heavy atom. The van der Waals surface area contributed by atoms with Crippen molar-refractivity contribution in [2.45, 2.75) is 36.8 Å². The molecular weight excluding hydrogens is 459 g/mol. The molecule has 2 heterocycles. The summed E-state index contributed by atoms with van der Waals surface area (Å²) in [5.74, 6) is 0. The Bertz CT molecular complexity index is 1180. The highest BCUT2D eigenvalue weighted by atomic mass is 35.5. The topological polar surface area (TPSA) is 50.3 Å². The van der Waals surface area contributed by atoms with Crippen LogP contribution < -0.4 is 4.90 Å². The Labute approximate surface area is 191 Å². The van der Waals surface area contributed by atoms with Gasteiger partial charge in [0, 0.05) is 24.0 Å². The minimum absolute atomic E-state index is 0.111. The molecule has 1 fully saturated rings. The zero-order valence-electron chi connectivity index (χ0n) is 16.7. The molecular formula is C22H22Cl2N2O2S2. The molecule has 0 amide bonds. The smallest absolute Gasteiger partial charge is 0.185 e. The van der Waals surface area contributed by atoms with Crippen molar-refractivity contribution < 1.29 is 8.42 Å². The molecule has 0 N–H and O–H groups in total. The van der Waals surface area contributed by atoms with Gasteiger partial charge in [-0.3, -0.25) is 0 Å². The SMILES string of the molecule is Cc1ccc(C)c(-c2csc(N3CCC(S(=O)(=O)c4cccc(Cl)c4Cl)CC3)n2)c1. The van der Waals surface area contributed by atoms with Crippen LogP contribution in [0.1, 0.15) is 24.0 Å². The number of thiazole rings is 1. The average molecular weight is 481 g/mol. The van der Waals surface area contributed by atoms with Crippen molar-refractivity contribution in [1.82, 2.24) is 4.98 Å². The second-order valence-corrected chi connectivity index (χ2v) is 11.4. The minimum atomic E-state index is -3.53. The molecule has 3 aromatic rings. The molecule has 2 aromatic carbocycles. The third kappa shape index (κ3) is 4.11. The molecule has 1 saturated heterocycles. The Morgan fingerprint density at radius 3 is 2.57 bits per heavy atom. The van der Waals surface area contributed by atoms with Gasteiger partial charge in [-0.15, -0.1) is 11.3 Å². The highest BCUT2D eigenvalue weighted by Gasteiger charge is 2.33. The van der Waals surface area contributed by atoms with Crippen molar-refractivity contribution in [2.24, 2.45) is 0 Å². The highest BCUT2D eigenvalue weighted by Crippen LogP contribution is 2.36. The Hall–Kier alpha value is -1.60. The summed E-state index contributed by atoms with van der Waals surface area (Å²) in [5.41, 5.74) is 4.51. The van der Waals surface area contributed by atoms with Gasteiger partial charge < -0.3 is 4.90 Å². The molecule has 4 rings (SSSR count). The molecule has 4 nitrogen and oxygen atoms in total. The van der Waals surface area contributed by atoms with Gasteiger partial charge >= 0.3 is 0 Å². The molecule has 1 aliphatic rings. The van der Waals surface area contributed by atoms with E-state index in [9.17, 15) is 8.42 Å². The predicted molar refractivity (Wildman–Crippen MR) is 126 cm³/mol. The first-order valence-corrected chi connectivity index (χ1v) is 12.9. The standard InChI is InChI=1S/C22H22Cl2N2O2S2/c1-14-6-7-15(2)17(12-14)19-13-29-22(25-19)26-10-8-16(9-11-26)30(27,28)20-5-3-4-18(23)21(20)24/h3-7,12-13,16H,8-11H2,1-2H3. The van der Waals surface area contributed by atoms with E-state index in [4.69, 9.17) is 28.2 Å². The minimum Gasteiger partial charge on any atom is -0.348 e. The van der Waals surface area contributed by atoms with Gasteiger partial charge in [0.25, 0.3) is 0 Å². The molecule has 0 unspecified atom stereocenters. The Kier molecular flexibility index (Phi) is 6.13. The number of hydrogen-bond acceptors (Lipinski definition) is 5. The summed E-state index contributed by atoms with van der Waals surface area (Å²) in [4.78, 5) is 7.13. The van der Waals surface area contributed by atoms with E-state index in [1.54, 1.807) is 23.5 Å². The number of sulfone groups is 1. The van der Waals surface area contributed by atoms with Crippen LogP contribution in [0.2, 0.25) is 10.0 Å². The second kappa shape index (κ2) is 8.50. The van der Waals surface area contributed by atoms with Crippen molar-refractivity contribution in [3.05, 3.63) is 63.0 Å². The third-order valence-corrected chi connectivity index (χ3v) is 9.67. The highest BCUT2D eigenvalue weighted by molar-refractivity contribution is 7.92. The van der Waals surface area contributed by atoms with Crippen molar-refractivity contribution in [1.29, 1.82) is 0 Å². The van der Waals surface area contributed by atoms with Crippen LogP contribution in [0.3, 0.4) is 0 Å². The van der Waals surface area contributed by atoms with E-state index in [2.05, 4.69) is 42.3 Å². The molecule has 0 radical (unpaired) electrons. The number of benzene rings is 2. The number of nitrogens with zero attached hydrogens (tertiary/aromatic N) is 2. The predicted octanol–water partition coefficient (Wildman–Crippen LogP) is 6.18. The fourth-order valence-corrected chi connectivity index (χ4v) is 7.16. The van der Waals surface area contributed by atoms with E-state index in [0.717, 1.165) is 16.4 Å². The first-order valence-electron chi connectivity index (χ1n) is 9.73. The van der Waals surface area contributed by atoms with Gasteiger partial charge in [0.2, 0.25) is 0 Å². The van der Waals surface area contributed by atoms with E-state index >= 15 is 0 Å². The van der Waals surface area contributed by atoms with Gasteiger partial charge in [-0.1, -0.05) is 47.0 Å². The summed E-state index contributed by atoms with van der Waals surface area (Å²) < 4.78 is 26.2. The molecule has 0 atom stereocenters. The zero-order valence-corrected chi connectivity index (χ0v) is 19.9. The van der Waals surface area contributed by atoms with Crippen LogP contribution in [0.15, 0.2) is 46.7 Å². The van der Waals surface area contributed by atoms with Crippen LogP contribution in [0, 0.1) is 13.8 Å². The van der Waals surface area contributed by atoms with Crippen LogP contribution in [0.5, 0.6) is 0 Å². The monoisotopic (exact) mass is 480 g/mol. The maximum Gasteiger partial charge on any atom is 0.185 e. The number of aryl methyl sites for hydroxylation is 2. The largest absolute Gasteiger partial charge is 0.348 e. The first-order chi connectivity index (χ1) is 14.3. The Balaban J connectivity index is 1.50. The fraction of sp³-hybridized carbons (Fsp3) is 0.318. The van der Waals surface area contributed by atoms with Crippen LogP contribution >= 0.6 is 34.5 Å². The van der Waals surface area contributed by atoms with Gasteiger partial charge in [-0.05, 0) is 50.5 Å². The maximum absolute atomic E-state index is 13.1. The summed E-state index contributed by atoms with van der Waals surface area (Å²) >= 11 is 13.8. The number of piperidine rings is 1. The van der Waals surface area contributed by atoms with Crippen molar-refractivity contribution in [3.63, 3.8) is 0 Å². The van der Waals surface area contributed by atoms with Crippen LogP contribution in [0.25, 0.3) is 11.3 Å². The second-order valence-electron chi connectivity index (χ2n) is 7.62. The van der Waals surface area contributed by atoms with Crippen molar-refractivity contribution in [2.75, 3.05) is 18.0 Å². The van der Waals surface area contributed by atoms with Gasteiger partial charge in [-0.2, -0.15) is 0 Å². The maximum atomic E-state index is 13.1. The van der Waals surface area contributed by atoms with Crippen LogP contribution in [-0.2, 0) is 9.84 Å². The van der Waals surface area contributed by atoms with Gasteiger partial charge in [0.05, 0.1) is 25.9 Å². The normalized spacial score (nSPS) is 15.5. The molecule has 1 aliphatic heterocycles. The zero-order chi connectivity index (χ0) is 21.5. The fourth-order valence-electron chi connectivity index (χ4n) is 3.79.